The van der Waals surface area contributed by atoms with Crippen molar-refractivity contribution in [2.24, 2.45) is 0 Å². The maximum absolute atomic E-state index is 11.9. The number of aryl methyl sites for hydroxylation is 3. The van der Waals surface area contributed by atoms with E-state index >= 15 is 0 Å². The third-order valence-electron chi connectivity index (χ3n) is 7.64. The van der Waals surface area contributed by atoms with Crippen LogP contribution in [0.5, 0.6) is 5.75 Å². The predicted octanol–water partition coefficient (Wildman–Crippen LogP) is 8.20. The lowest BCUT2D eigenvalue weighted by atomic mass is 9.96. The first-order chi connectivity index (χ1) is 23.0. The second kappa shape index (κ2) is 25.2. The average molecular weight is 645 g/mol. The van der Waals surface area contributed by atoms with Crippen LogP contribution in [-0.2, 0) is 40.0 Å². The number of nitrogens with zero attached hydrogens (tertiary/aromatic N) is 1. The number of ether oxygens (including phenoxy) is 3. The highest BCUT2D eigenvalue weighted by atomic mass is 16.5. The first-order valence-corrected chi connectivity index (χ1v) is 17.3. The number of aromatic nitrogens is 1. The maximum atomic E-state index is 11.9. The fraction of sp³-hybridized carbons (Fsp3) is 0.475. The molecule has 0 saturated heterocycles. The van der Waals surface area contributed by atoms with E-state index in [4.69, 9.17) is 9.47 Å². The molecule has 7 nitrogen and oxygen atoms in total. The van der Waals surface area contributed by atoms with Crippen LogP contribution in [0.1, 0.15) is 97.2 Å². The molecule has 0 amide bonds. The first-order valence-electron chi connectivity index (χ1n) is 17.3. The van der Waals surface area contributed by atoms with Gasteiger partial charge in [-0.1, -0.05) is 69.2 Å². The van der Waals surface area contributed by atoms with E-state index in [0.717, 1.165) is 69.5 Å². The summed E-state index contributed by atoms with van der Waals surface area (Å²) < 4.78 is 15.5. The third kappa shape index (κ3) is 17.0. The lowest BCUT2D eigenvalue weighted by molar-refractivity contribution is -0.128. The standard InChI is InChI=1S/C25H33NO3.C10H13N.C5H10O2/c1-3-5-19-28-24-10-8-7-9-22(24)16-18-26-17-15-21-11-13-23(14-12-21)25(27)29-20-6-4-2;1-8-6-7-9-4-2-3-5-10(9)11-8;1-2-3-4-7-5-6/h3,7-14,26H,1,4-6,15-20H2,2H3;6-7H,2-5H2,1H3;5H,2-4H2,1H3. The fourth-order valence-corrected chi connectivity index (χ4v) is 4.85. The molecule has 1 N–H and O–H groups in total. The zero-order valence-electron chi connectivity index (χ0n) is 28.9. The number of pyridine rings is 1. The number of hydrogen-bond donors (Lipinski definition) is 1. The Morgan fingerprint density at radius 1 is 0.894 bits per heavy atom. The van der Waals surface area contributed by atoms with Crippen molar-refractivity contribution < 1.29 is 23.8 Å². The van der Waals surface area contributed by atoms with Crippen molar-refractivity contribution in [3.05, 3.63) is 107 Å². The van der Waals surface area contributed by atoms with Gasteiger partial charge in [0, 0.05) is 11.4 Å². The highest BCUT2D eigenvalue weighted by molar-refractivity contribution is 5.89. The molecule has 0 aliphatic heterocycles. The van der Waals surface area contributed by atoms with E-state index in [9.17, 15) is 9.59 Å². The van der Waals surface area contributed by atoms with E-state index in [0.29, 0.717) is 31.9 Å². The lowest BCUT2D eigenvalue weighted by Crippen LogP contribution is -2.20. The van der Waals surface area contributed by atoms with Gasteiger partial charge in [-0.05, 0) is 119 Å². The fourth-order valence-electron chi connectivity index (χ4n) is 4.85. The van der Waals surface area contributed by atoms with Crippen LogP contribution in [0.3, 0.4) is 0 Å². The number of carbonyl (C=O) groups excluding carboxylic acids is 2. The van der Waals surface area contributed by atoms with Crippen LogP contribution in [0.2, 0.25) is 0 Å². The van der Waals surface area contributed by atoms with Crippen molar-refractivity contribution in [1.29, 1.82) is 0 Å². The third-order valence-corrected chi connectivity index (χ3v) is 7.64. The molecule has 3 aromatic rings. The Kier molecular flexibility index (Phi) is 21.0. The van der Waals surface area contributed by atoms with Gasteiger partial charge >= 0.3 is 5.97 Å². The molecule has 2 aromatic carbocycles. The average Bonchev–Trinajstić information content (AvgIpc) is 3.10. The number of carbonyl (C=O) groups is 2. The van der Waals surface area contributed by atoms with Gasteiger partial charge in [0.1, 0.15) is 5.75 Å². The zero-order chi connectivity index (χ0) is 34.0. The van der Waals surface area contributed by atoms with Gasteiger partial charge in [0.05, 0.1) is 25.4 Å². The molecule has 0 atom stereocenters. The smallest absolute Gasteiger partial charge is 0.338 e. The molecular weight excluding hydrogens is 588 g/mol. The molecule has 0 spiro atoms. The van der Waals surface area contributed by atoms with Gasteiger partial charge in [-0.3, -0.25) is 9.78 Å². The summed E-state index contributed by atoms with van der Waals surface area (Å²) in [6, 6.07) is 20.2. The summed E-state index contributed by atoms with van der Waals surface area (Å²) >= 11 is 0. The van der Waals surface area contributed by atoms with Crippen molar-refractivity contribution in [3.63, 3.8) is 0 Å². The summed E-state index contributed by atoms with van der Waals surface area (Å²) in [7, 11) is 0. The van der Waals surface area contributed by atoms with Crippen molar-refractivity contribution >= 4 is 12.4 Å². The number of esters is 1. The van der Waals surface area contributed by atoms with E-state index in [1.807, 2.05) is 55.5 Å². The van der Waals surface area contributed by atoms with Crippen LogP contribution in [0.4, 0.5) is 0 Å². The van der Waals surface area contributed by atoms with Crippen molar-refractivity contribution in [2.45, 2.75) is 91.4 Å². The molecule has 1 aliphatic rings. The zero-order valence-corrected chi connectivity index (χ0v) is 28.9. The first kappa shape index (κ1) is 39.2. The Bertz CT molecular complexity index is 1290. The van der Waals surface area contributed by atoms with Crippen LogP contribution in [0.15, 0.2) is 73.3 Å². The summed E-state index contributed by atoms with van der Waals surface area (Å²) in [5.41, 5.74) is 7.01. The molecule has 7 heteroatoms. The van der Waals surface area contributed by atoms with E-state index in [1.165, 1.54) is 48.1 Å². The largest absolute Gasteiger partial charge is 0.493 e. The van der Waals surface area contributed by atoms with Crippen LogP contribution < -0.4 is 10.1 Å². The Morgan fingerprint density at radius 3 is 2.36 bits per heavy atom. The Hall–Kier alpha value is -3.97. The number of benzene rings is 2. The predicted molar refractivity (Wildman–Crippen MR) is 191 cm³/mol. The minimum absolute atomic E-state index is 0.239. The van der Waals surface area contributed by atoms with Gasteiger partial charge in [0.25, 0.3) is 6.47 Å². The van der Waals surface area contributed by atoms with Gasteiger partial charge in [0.15, 0.2) is 0 Å². The van der Waals surface area contributed by atoms with Crippen LogP contribution in [0.25, 0.3) is 0 Å². The molecule has 4 rings (SSSR count). The Morgan fingerprint density at radius 2 is 1.62 bits per heavy atom. The van der Waals surface area contributed by atoms with Crippen molar-refractivity contribution in [2.75, 3.05) is 32.9 Å². The normalized spacial score (nSPS) is 11.5. The summed E-state index contributed by atoms with van der Waals surface area (Å²) in [4.78, 5) is 25.9. The SMILES string of the molecule is C=CCCOc1ccccc1CCNCCc1ccc(C(=O)OCCCC)cc1.CCCCOC=O.Cc1ccc2c(n1)CCCC2. The number of nitrogens with one attached hydrogen (secondary N) is 1. The van der Waals surface area contributed by atoms with E-state index in [1.54, 1.807) is 0 Å². The minimum Gasteiger partial charge on any atom is -0.493 e. The summed E-state index contributed by atoms with van der Waals surface area (Å²) in [6.45, 7) is 13.9. The van der Waals surface area contributed by atoms with Crippen LogP contribution >= 0.6 is 0 Å². The summed E-state index contributed by atoms with van der Waals surface area (Å²) in [5.74, 6) is 0.717. The number of hydrogen-bond acceptors (Lipinski definition) is 7. The van der Waals surface area contributed by atoms with Gasteiger partial charge in [0.2, 0.25) is 0 Å². The quantitative estimate of drug-likeness (QED) is 0.0647. The molecule has 0 bridgehead atoms. The molecule has 0 fully saturated rings. The van der Waals surface area contributed by atoms with Crippen molar-refractivity contribution in [1.82, 2.24) is 10.3 Å². The van der Waals surface area contributed by atoms with Crippen LogP contribution in [-0.4, -0.2) is 50.3 Å². The van der Waals surface area contributed by atoms with Gasteiger partial charge in [-0.25, -0.2) is 4.79 Å². The van der Waals surface area contributed by atoms with E-state index < -0.39 is 0 Å². The number of rotatable bonds is 18. The molecule has 1 aromatic heterocycles. The number of para-hydroxylation sites is 1. The second-order valence-electron chi connectivity index (χ2n) is 11.6. The molecule has 0 radical (unpaired) electrons. The number of fused-ring (bicyclic) bond motifs is 1. The number of unbranched alkanes of at least 4 members (excludes halogenated alkanes) is 2. The highest BCUT2D eigenvalue weighted by Crippen LogP contribution is 2.19. The van der Waals surface area contributed by atoms with E-state index in [2.05, 4.69) is 53.7 Å². The topological polar surface area (TPSA) is 86.8 Å². The molecule has 0 saturated carbocycles. The molecular formula is C40H56N2O5. The summed E-state index contributed by atoms with van der Waals surface area (Å²) in [6.07, 6.45) is 13.6. The Balaban J connectivity index is 0.000000344. The molecule has 0 unspecified atom stereocenters. The second-order valence-corrected chi connectivity index (χ2v) is 11.6. The van der Waals surface area contributed by atoms with Gasteiger partial charge in [-0.2, -0.15) is 0 Å². The monoisotopic (exact) mass is 644 g/mol. The highest BCUT2D eigenvalue weighted by Gasteiger charge is 2.09. The maximum Gasteiger partial charge on any atom is 0.338 e. The lowest BCUT2D eigenvalue weighted by Gasteiger charge is -2.14. The Labute approximate surface area is 283 Å². The van der Waals surface area contributed by atoms with Gasteiger partial charge in [-0.15, -0.1) is 6.58 Å². The van der Waals surface area contributed by atoms with Crippen LogP contribution in [0, 0.1) is 6.92 Å². The molecule has 47 heavy (non-hydrogen) atoms. The van der Waals surface area contributed by atoms with Gasteiger partial charge < -0.3 is 19.5 Å². The minimum atomic E-state index is -0.239. The van der Waals surface area contributed by atoms with E-state index in [-0.39, 0.29) is 5.97 Å². The molecule has 1 heterocycles. The molecule has 1 aliphatic carbocycles. The molecule has 256 valence electrons. The summed E-state index contributed by atoms with van der Waals surface area (Å²) in [5, 5.41) is 3.49. The van der Waals surface area contributed by atoms with Crippen molar-refractivity contribution in [3.8, 4) is 5.75 Å².